The van der Waals surface area contributed by atoms with Gasteiger partial charge in [-0.3, -0.25) is 4.79 Å². The normalized spacial score (nSPS) is 10.8. The van der Waals surface area contributed by atoms with Crippen LogP contribution in [-0.4, -0.2) is 5.91 Å². The molecule has 0 radical (unpaired) electrons. The number of anilines is 1. The second kappa shape index (κ2) is 7.38. The van der Waals surface area contributed by atoms with Crippen molar-refractivity contribution in [2.24, 2.45) is 0 Å². The molecule has 0 aliphatic heterocycles. The molecule has 0 aliphatic rings. The van der Waals surface area contributed by atoms with Crippen molar-refractivity contribution < 1.29 is 4.79 Å². The molecular weight excluding hydrogens is 443 g/mol. The molecule has 0 unspecified atom stereocenters. The number of carbonyl (C=O) groups excluding carboxylic acids is 1. The Morgan fingerprint density at radius 1 is 1.24 bits per heavy atom. The predicted octanol–water partition coefficient (Wildman–Crippen LogP) is 4.60. The molecule has 0 saturated heterocycles. The molecule has 104 valence electrons. The summed E-state index contributed by atoms with van der Waals surface area (Å²) in [6.07, 6.45) is 1.56. The smallest absolute Gasteiger partial charge is 0.266 e. The summed E-state index contributed by atoms with van der Waals surface area (Å²) in [4.78, 5) is 12.1. The Labute approximate surface area is 144 Å². The summed E-state index contributed by atoms with van der Waals surface area (Å²) in [6, 6.07) is 16.7. The van der Waals surface area contributed by atoms with Gasteiger partial charge in [0.25, 0.3) is 5.91 Å². The Morgan fingerprint density at radius 2 is 1.95 bits per heavy atom. The van der Waals surface area contributed by atoms with E-state index in [0.717, 1.165) is 13.6 Å². The maximum atomic E-state index is 12.1. The summed E-state index contributed by atoms with van der Waals surface area (Å²) in [6.45, 7) is 0. The van der Waals surface area contributed by atoms with Crippen LogP contribution in [0.1, 0.15) is 5.56 Å². The summed E-state index contributed by atoms with van der Waals surface area (Å²) in [5, 5.41) is 11.9. The van der Waals surface area contributed by atoms with Crippen LogP contribution >= 0.6 is 38.5 Å². The first-order chi connectivity index (χ1) is 10.1. The van der Waals surface area contributed by atoms with E-state index < -0.39 is 5.91 Å². The van der Waals surface area contributed by atoms with Gasteiger partial charge in [-0.2, -0.15) is 5.26 Å². The molecule has 5 heteroatoms. The minimum atomic E-state index is -0.418. The Hall–Kier alpha value is -1.65. The SMILES string of the molecule is N#C/C(=C/c1cccc(Br)c1)C(=O)Nc1ccc(I)cc1. The molecule has 21 heavy (non-hydrogen) atoms. The van der Waals surface area contributed by atoms with Crippen LogP contribution in [0.2, 0.25) is 0 Å². The van der Waals surface area contributed by atoms with Crippen molar-refractivity contribution in [3.05, 3.63) is 67.7 Å². The van der Waals surface area contributed by atoms with Gasteiger partial charge in [-0.25, -0.2) is 0 Å². The summed E-state index contributed by atoms with van der Waals surface area (Å²) in [5.74, 6) is -0.418. The number of hydrogen-bond donors (Lipinski definition) is 1. The van der Waals surface area contributed by atoms with E-state index in [0.29, 0.717) is 5.69 Å². The molecule has 0 spiro atoms. The minimum Gasteiger partial charge on any atom is -0.321 e. The van der Waals surface area contributed by atoms with Crippen molar-refractivity contribution in [2.75, 3.05) is 5.32 Å². The lowest BCUT2D eigenvalue weighted by molar-refractivity contribution is -0.112. The van der Waals surface area contributed by atoms with E-state index in [9.17, 15) is 4.79 Å². The monoisotopic (exact) mass is 452 g/mol. The average molecular weight is 453 g/mol. The molecule has 0 aromatic heterocycles. The summed E-state index contributed by atoms with van der Waals surface area (Å²) in [7, 11) is 0. The zero-order valence-corrected chi connectivity index (χ0v) is 14.6. The zero-order chi connectivity index (χ0) is 15.2. The highest BCUT2D eigenvalue weighted by molar-refractivity contribution is 14.1. The molecule has 0 fully saturated rings. The van der Waals surface area contributed by atoms with Gasteiger partial charge in [-0.1, -0.05) is 28.1 Å². The molecule has 0 atom stereocenters. The molecule has 0 heterocycles. The van der Waals surface area contributed by atoms with Gasteiger partial charge in [0.2, 0.25) is 0 Å². The number of nitrogens with one attached hydrogen (secondary N) is 1. The highest BCUT2D eigenvalue weighted by Gasteiger charge is 2.09. The molecule has 2 aromatic carbocycles. The van der Waals surface area contributed by atoms with Gasteiger partial charge in [-0.15, -0.1) is 0 Å². The Morgan fingerprint density at radius 3 is 2.57 bits per heavy atom. The lowest BCUT2D eigenvalue weighted by Crippen LogP contribution is -2.13. The fourth-order valence-corrected chi connectivity index (χ4v) is 2.42. The lowest BCUT2D eigenvalue weighted by atomic mass is 10.1. The largest absolute Gasteiger partial charge is 0.321 e. The number of amides is 1. The molecule has 1 N–H and O–H groups in total. The van der Waals surface area contributed by atoms with Gasteiger partial charge in [0.05, 0.1) is 0 Å². The fraction of sp³-hybridized carbons (Fsp3) is 0. The van der Waals surface area contributed by atoms with Crippen LogP contribution in [0.25, 0.3) is 6.08 Å². The highest BCUT2D eigenvalue weighted by atomic mass is 127. The topological polar surface area (TPSA) is 52.9 Å². The van der Waals surface area contributed by atoms with Crippen LogP contribution in [0, 0.1) is 14.9 Å². The van der Waals surface area contributed by atoms with Crippen molar-refractivity contribution in [1.29, 1.82) is 5.26 Å². The van der Waals surface area contributed by atoms with Gasteiger partial charge in [-0.05, 0) is 70.6 Å². The molecule has 0 bridgehead atoms. The number of hydrogen-bond acceptors (Lipinski definition) is 2. The molecular formula is C16H10BrIN2O. The van der Waals surface area contributed by atoms with E-state index in [-0.39, 0.29) is 5.57 Å². The second-order valence-corrected chi connectivity index (χ2v) is 6.35. The van der Waals surface area contributed by atoms with Gasteiger partial charge in [0.15, 0.2) is 0 Å². The van der Waals surface area contributed by atoms with E-state index in [2.05, 4.69) is 43.8 Å². The standard InChI is InChI=1S/C16H10BrIN2O/c17-13-3-1-2-11(9-13)8-12(10-19)16(21)20-15-6-4-14(18)5-7-15/h1-9H,(H,20,21)/b12-8-. The number of carbonyl (C=O) groups is 1. The summed E-state index contributed by atoms with van der Waals surface area (Å²) in [5.41, 5.74) is 1.51. The van der Waals surface area contributed by atoms with Crippen LogP contribution in [0.5, 0.6) is 0 Å². The second-order valence-electron chi connectivity index (χ2n) is 4.19. The van der Waals surface area contributed by atoms with Crippen molar-refractivity contribution in [2.45, 2.75) is 0 Å². The third kappa shape index (κ3) is 4.69. The third-order valence-electron chi connectivity index (χ3n) is 2.63. The first kappa shape index (κ1) is 15.7. The van der Waals surface area contributed by atoms with Crippen molar-refractivity contribution in [3.63, 3.8) is 0 Å². The maximum absolute atomic E-state index is 12.1. The first-order valence-corrected chi connectivity index (χ1v) is 7.90. The van der Waals surface area contributed by atoms with Crippen LogP contribution < -0.4 is 5.32 Å². The zero-order valence-electron chi connectivity index (χ0n) is 10.8. The van der Waals surface area contributed by atoms with Gasteiger partial charge in [0, 0.05) is 13.7 Å². The number of halogens is 2. The molecule has 1 amide bonds. The molecule has 3 nitrogen and oxygen atoms in total. The van der Waals surface area contributed by atoms with Crippen molar-refractivity contribution >= 4 is 56.2 Å². The highest BCUT2D eigenvalue weighted by Crippen LogP contribution is 2.16. The first-order valence-electron chi connectivity index (χ1n) is 6.03. The van der Waals surface area contributed by atoms with Crippen LogP contribution in [0.4, 0.5) is 5.69 Å². The number of nitrogens with zero attached hydrogens (tertiary/aromatic N) is 1. The van der Waals surface area contributed by atoms with Crippen LogP contribution in [-0.2, 0) is 4.79 Å². The lowest BCUT2D eigenvalue weighted by Gasteiger charge is -2.04. The van der Waals surface area contributed by atoms with E-state index >= 15 is 0 Å². The van der Waals surface area contributed by atoms with E-state index in [1.807, 2.05) is 42.5 Å². The van der Waals surface area contributed by atoms with Gasteiger partial charge >= 0.3 is 0 Å². The molecule has 0 saturated carbocycles. The van der Waals surface area contributed by atoms with Crippen molar-refractivity contribution in [1.82, 2.24) is 0 Å². The quantitative estimate of drug-likeness (QED) is 0.420. The van der Waals surface area contributed by atoms with Crippen molar-refractivity contribution in [3.8, 4) is 6.07 Å². The minimum absolute atomic E-state index is 0.0617. The van der Waals surface area contributed by atoms with Gasteiger partial charge in [0.1, 0.15) is 11.6 Å². The van der Waals surface area contributed by atoms with E-state index in [4.69, 9.17) is 5.26 Å². The van der Waals surface area contributed by atoms with Gasteiger partial charge < -0.3 is 5.32 Å². The van der Waals surface area contributed by atoms with E-state index in [1.165, 1.54) is 0 Å². The molecule has 2 aromatic rings. The molecule has 2 rings (SSSR count). The van der Waals surface area contributed by atoms with Crippen LogP contribution in [0.15, 0.2) is 58.6 Å². The Bertz CT molecular complexity index is 733. The Kier molecular flexibility index (Phi) is 5.53. The average Bonchev–Trinajstić information content (AvgIpc) is 2.47. The number of nitriles is 1. The summed E-state index contributed by atoms with van der Waals surface area (Å²) >= 11 is 5.55. The predicted molar refractivity (Wildman–Crippen MR) is 95.5 cm³/mol. The van der Waals surface area contributed by atoms with E-state index in [1.54, 1.807) is 18.2 Å². The summed E-state index contributed by atoms with van der Waals surface area (Å²) < 4.78 is 1.97. The van der Waals surface area contributed by atoms with Crippen LogP contribution in [0.3, 0.4) is 0 Å². The third-order valence-corrected chi connectivity index (χ3v) is 3.84. The fourth-order valence-electron chi connectivity index (χ4n) is 1.64. The molecule has 0 aliphatic carbocycles. The number of benzene rings is 2. The maximum Gasteiger partial charge on any atom is 0.266 e. The number of rotatable bonds is 3. The Balaban J connectivity index is 2.19.